The molecule has 0 spiro atoms. The number of ketones is 1. The molecular formula is C19H18O. The van der Waals surface area contributed by atoms with E-state index in [1.807, 2.05) is 74.5 Å². The number of carbonyl (C=O) groups is 1. The molecule has 2 rings (SSSR count). The van der Waals surface area contributed by atoms with E-state index in [-0.39, 0.29) is 5.78 Å². The number of hydrogen-bond donors (Lipinski definition) is 0. The molecule has 0 saturated carbocycles. The van der Waals surface area contributed by atoms with Crippen LogP contribution in [0.4, 0.5) is 0 Å². The predicted octanol–water partition coefficient (Wildman–Crippen LogP) is 3.88. The fourth-order valence-electron chi connectivity index (χ4n) is 2.01. The van der Waals surface area contributed by atoms with Crippen molar-refractivity contribution < 1.29 is 4.79 Å². The summed E-state index contributed by atoms with van der Waals surface area (Å²) in [7, 11) is 0. The fourth-order valence-corrected chi connectivity index (χ4v) is 2.01. The third-order valence-electron chi connectivity index (χ3n) is 3.20. The zero-order chi connectivity index (χ0) is 14.4. The summed E-state index contributed by atoms with van der Waals surface area (Å²) in [4.78, 5) is 12.3. The Bertz CT molecular complexity index is 628. The summed E-state index contributed by atoms with van der Waals surface area (Å²) in [6.07, 6.45) is 0.705. The van der Waals surface area contributed by atoms with Crippen molar-refractivity contribution in [3.63, 3.8) is 0 Å². The van der Waals surface area contributed by atoms with Gasteiger partial charge in [-0.3, -0.25) is 4.79 Å². The van der Waals surface area contributed by atoms with Crippen LogP contribution in [0.5, 0.6) is 0 Å². The standard InChI is InChI=1S/C19H18O/c1-19(2,15-17-11-7-4-8-12-17)18(20)14-13-16-9-5-3-6-10-16/h3-12H,15H2,1-2H3. The molecule has 0 bridgehead atoms. The van der Waals surface area contributed by atoms with Gasteiger partial charge in [-0.15, -0.1) is 0 Å². The van der Waals surface area contributed by atoms with E-state index < -0.39 is 5.41 Å². The van der Waals surface area contributed by atoms with Gasteiger partial charge in [-0.1, -0.05) is 68.3 Å². The molecule has 1 nitrogen and oxygen atoms in total. The SMILES string of the molecule is CC(C)(Cc1ccccc1)C(=O)C#Cc1ccccc1. The van der Waals surface area contributed by atoms with E-state index in [4.69, 9.17) is 0 Å². The molecule has 0 unspecified atom stereocenters. The quantitative estimate of drug-likeness (QED) is 0.767. The molecule has 0 aliphatic heterocycles. The van der Waals surface area contributed by atoms with Crippen molar-refractivity contribution in [2.45, 2.75) is 20.3 Å². The average molecular weight is 262 g/mol. The van der Waals surface area contributed by atoms with Crippen molar-refractivity contribution in [2.24, 2.45) is 5.41 Å². The van der Waals surface area contributed by atoms with Crippen molar-refractivity contribution in [1.29, 1.82) is 0 Å². The van der Waals surface area contributed by atoms with Gasteiger partial charge in [0.15, 0.2) is 0 Å². The monoisotopic (exact) mass is 262 g/mol. The van der Waals surface area contributed by atoms with Gasteiger partial charge in [0, 0.05) is 11.0 Å². The fraction of sp³-hybridized carbons (Fsp3) is 0.211. The molecule has 0 amide bonds. The Kier molecular flexibility index (Phi) is 4.38. The molecule has 0 N–H and O–H groups in total. The molecule has 0 aliphatic carbocycles. The van der Waals surface area contributed by atoms with Gasteiger partial charge < -0.3 is 0 Å². The molecule has 20 heavy (non-hydrogen) atoms. The lowest BCUT2D eigenvalue weighted by Gasteiger charge is -2.19. The Morgan fingerprint density at radius 1 is 0.950 bits per heavy atom. The van der Waals surface area contributed by atoms with E-state index in [2.05, 4.69) is 11.8 Å². The van der Waals surface area contributed by atoms with Crippen LogP contribution in [-0.4, -0.2) is 5.78 Å². The summed E-state index contributed by atoms with van der Waals surface area (Å²) in [6.45, 7) is 3.89. The summed E-state index contributed by atoms with van der Waals surface area (Å²) >= 11 is 0. The van der Waals surface area contributed by atoms with Crippen molar-refractivity contribution in [3.05, 3.63) is 71.8 Å². The third kappa shape index (κ3) is 3.83. The lowest BCUT2D eigenvalue weighted by molar-refractivity contribution is -0.121. The van der Waals surface area contributed by atoms with Crippen LogP contribution < -0.4 is 0 Å². The van der Waals surface area contributed by atoms with Gasteiger partial charge in [-0.05, 0) is 30.0 Å². The summed E-state index contributed by atoms with van der Waals surface area (Å²) < 4.78 is 0. The van der Waals surface area contributed by atoms with Crippen LogP contribution in [0.15, 0.2) is 60.7 Å². The van der Waals surface area contributed by atoms with E-state index in [9.17, 15) is 4.79 Å². The maximum Gasteiger partial charge on any atom is 0.211 e. The first-order valence-electron chi connectivity index (χ1n) is 6.73. The maximum atomic E-state index is 12.3. The molecule has 0 radical (unpaired) electrons. The van der Waals surface area contributed by atoms with Gasteiger partial charge in [0.05, 0.1) is 0 Å². The minimum absolute atomic E-state index is 0.0230. The summed E-state index contributed by atoms with van der Waals surface area (Å²) in [5, 5.41) is 0. The van der Waals surface area contributed by atoms with E-state index in [0.717, 1.165) is 11.1 Å². The smallest absolute Gasteiger partial charge is 0.211 e. The maximum absolute atomic E-state index is 12.3. The highest BCUT2D eigenvalue weighted by atomic mass is 16.1. The summed E-state index contributed by atoms with van der Waals surface area (Å²) in [6, 6.07) is 19.6. The number of carbonyl (C=O) groups excluding carboxylic acids is 1. The van der Waals surface area contributed by atoms with E-state index in [1.165, 1.54) is 0 Å². The van der Waals surface area contributed by atoms with Crippen LogP contribution in [0.25, 0.3) is 0 Å². The summed E-state index contributed by atoms with van der Waals surface area (Å²) in [5.74, 6) is 5.68. The van der Waals surface area contributed by atoms with Crippen LogP contribution in [0, 0.1) is 17.3 Å². The lowest BCUT2D eigenvalue weighted by Crippen LogP contribution is -2.25. The number of rotatable bonds is 3. The van der Waals surface area contributed by atoms with Gasteiger partial charge >= 0.3 is 0 Å². The van der Waals surface area contributed by atoms with E-state index in [0.29, 0.717) is 6.42 Å². The Balaban J connectivity index is 2.10. The number of benzene rings is 2. The summed E-state index contributed by atoms with van der Waals surface area (Å²) in [5.41, 5.74) is 1.56. The van der Waals surface area contributed by atoms with Crippen LogP contribution in [0.3, 0.4) is 0 Å². The highest BCUT2D eigenvalue weighted by Crippen LogP contribution is 2.22. The van der Waals surface area contributed by atoms with Gasteiger partial charge in [0.25, 0.3) is 0 Å². The third-order valence-corrected chi connectivity index (χ3v) is 3.20. The Morgan fingerprint density at radius 2 is 1.50 bits per heavy atom. The van der Waals surface area contributed by atoms with Crippen molar-refractivity contribution in [2.75, 3.05) is 0 Å². The molecule has 0 fully saturated rings. The van der Waals surface area contributed by atoms with Crippen LogP contribution in [0.1, 0.15) is 25.0 Å². The normalized spacial score (nSPS) is 10.5. The first-order chi connectivity index (χ1) is 9.58. The molecule has 2 aromatic carbocycles. The molecule has 0 atom stereocenters. The first-order valence-corrected chi connectivity index (χ1v) is 6.73. The van der Waals surface area contributed by atoms with Crippen molar-refractivity contribution in [3.8, 4) is 11.8 Å². The minimum atomic E-state index is -0.469. The predicted molar refractivity (Wildman–Crippen MR) is 82.3 cm³/mol. The molecule has 0 saturated heterocycles. The second-order valence-electron chi connectivity index (χ2n) is 5.49. The number of hydrogen-bond acceptors (Lipinski definition) is 1. The minimum Gasteiger partial charge on any atom is -0.284 e. The van der Waals surface area contributed by atoms with Crippen molar-refractivity contribution in [1.82, 2.24) is 0 Å². The molecule has 1 heteroatoms. The molecule has 100 valence electrons. The Morgan fingerprint density at radius 3 is 2.10 bits per heavy atom. The van der Waals surface area contributed by atoms with Crippen molar-refractivity contribution >= 4 is 5.78 Å². The molecule has 0 aromatic heterocycles. The van der Waals surface area contributed by atoms with Crippen LogP contribution in [-0.2, 0) is 11.2 Å². The zero-order valence-corrected chi connectivity index (χ0v) is 11.9. The second-order valence-corrected chi connectivity index (χ2v) is 5.49. The molecule has 0 aliphatic rings. The van der Waals surface area contributed by atoms with E-state index >= 15 is 0 Å². The largest absolute Gasteiger partial charge is 0.284 e. The zero-order valence-electron chi connectivity index (χ0n) is 11.9. The number of Topliss-reactive ketones (excluding diaryl/α,β-unsaturated/α-hetero) is 1. The highest BCUT2D eigenvalue weighted by molar-refractivity contribution is 6.00. The lowest BCUT2D eigenvalue weighted by atomic mass is 9.82. The van der Waals surface area contributed by atoms with Gasteiger partial charge in [-0.25, -0.2) is 0 Å². The van der Waals surface area contributed by atoms with Crippen LogP contribution >= 0.6 is 0 Å². The molecule has 2 aromatic rings. The Hall–Kier alpha value is -2.33. The Labute approximate surface area is 120 Å². The van der Waals surface area contributed by atoms with E-state index in [1.54, 1.807) is 0 Å². The topological polar surface area (TPSA) is 17.1 Å². The highest BCUT2D eigenvalue weighted by Gasteiger charge is 2.26. The molecular weight excluding hydrogens is 244 g/mol. The first kappa shape index (κ1) is 14.1. The van der Waals surface area contributed by atoms with Gasteiger partial charge in [0.1, 0.15) is 0 Å². The second kappa shape index (κ2) is 6.21. The van der Waals surface area contributed by atoms with Crippen LogP contribution in [0.2, 0.25) is 0 Å². The van der Waals surface area contributed by atoms with Gasteiger partial charge in [0.2, 0.25) is 5.78 Å². The molecule has 0 heterocycles. The van der Waals surface area contributed by atoms with Gasteiger partial charge in [-0.2, -0.15) is 0 Å². The average Bonchev–Trinajstić information content (AvgIpc) is 2.46.